The van der Waals surface area contributed by atoms with Gasteiger partial charge in [0.15, 0.2) is 17.5 Å². The van der Waals surface area contributed by atoms with Crippen molar-refractivity contribution in [1.82, 2.24) is 15.6 Å². The summed E-state index contributed by atoms with van der Waals surface area (Å²) in [4.78, 5) is 8.84. The fraction of sp³-hybridized carbons (Fsp3) is 0.455. The van der Waals surface area contributed by atoms with Crippen molar-refractivity contribution in [3.05, 3.63) is 47.7 Å². The predicted octanol–water partition coefficient (Wildman–Crippen LogP) is 3.80. The number of ether oxygens (including phenoxy) is 3. The summed E-state index contributed by atoms with van der Waals surface area (Å²) in [5.41, 5.74) is 2.20. The van der Waals surface area contributed by atoms with Crippen molar-refractivity contribution in [2.45, 2.75) is 33.7 Å². The molecule has 0 fully saturated rings. The van der Waals surface area contributed by atoms with Crippen molar-refractivity contribution in [3.8, 4) is 17.4 Å². The van der Waals surface area contributed by atoms with Gasteiger partial charge < -0.3 is 24.8 Å². The van der Waals surface area contributed by atoms with Gasteiger partial charge in [-0.05, 0) is 50.5 Å². The Labute approximate surface area is 196 Å². The van der Waals surface area contributed by atoms with Crippen LogP contribution in [0.3, 0.4) is 0 Å². The molecule has 1 aromatic heterocycles. The largest absolute Gasteiger partial charge is 0.490 e. The molecule has 2 aromatic rings. The summed E-state index contributed by atoms with van der Waals surface area (Å²) in [6, 6.07) is 9.90. The average Bonchev–Trinajstić information content (AvgIpc) is 2.74. The van der Waals surface area contributed by atoms with Crippen LogP contribution < -0.4 is 24.8 Å². The third-order valence-electron chi connectivity index (χ3n) is 4.08. The Bertz CT molecular complexity index is 769. The van der Waals surface area contributed by atoms with Crippen LogP contribution in [-0.4, -0.2) is 44.4 Å². The molecule has 0 aliphatic rings. The van der Waals surface area contributed by atoms with Gasteiger partial charge in [0.2, 0.25) is 5.88 Å². The molecule has 0 bridgehead atoms. The summed E-state index contributed by atoms with van der Waals surface area (Å²) >= 11 is 0. The zero-order valence-electron chi connectivity index (χ0n) is 18.2. The number of hydrogen-bond donors (Lipinski definition) is 2. The number of nitrogens with zero attached hydrogens (tertiary/aromatic N) is 2. The smallest absolute Gasteiger partial charge is 0.212 e. The minimum Gasteiger partial charge on any atom is -0.490 e. The molecular weight excluding hydrogens is 495 g/mol. The highest BCUT2D eigenvalue weighted by Crippen LogP contribution is 2.28. The van der Waals surface area contributed by atoms with E-state index in [9.17, 15) is 0 Å². The van der Waals surface area contributed by atoms with Crippen LogP contribution in [-0.2, 0) is 13.0 Å². The molecule has 7 nitrogen and oxygen atoms in total. The highest BCUT2D eigenvalue weighted by molar-refractivity contribution is 14.0. The van der Waals surface area contributed by atoms with Crippen molar-refractivity contribution >= 4 is 29.9 Å². The summed E-state index contributed by atoms with van der Waals surface area (Å²) in [6.45, 7) is 9.32. The van der Waals surface area contributed by atoms with Gasteiger partial charge in [0.1, 0.15) is 0 Å². The van der Waals surface area contributed by atoms with E-state index in [0.29, 0.717) is 25.6 Å². The molecule has 166 valence electrons. The van der Waals surface area contributed by atoms with Crippen molar-refractivity contribution in [2.75, 3.05) is 33.4 Å². The third kappa shape index (κ3) is 8.64. The standard InChI is InChI=1S/C22H32N4O3.HI/c1-5-23-22(26-16-18-9-11-21(27-4)25-15-18)24-13-12-17-8-10-19(28-6-2)20(14-17)29-7-3;/h8-11,14-15H,5-7,12-13,16H2,1-4H3,(H2,23,24,26);1H. The number of benzene rings is 1. The van der Waals surface area contributed by atoms with E-state index < -0.39 is 0 Å². The van der Waals surface area contributed by atoms with Crippen molar-refractivity contribution in [2.24, 2.45) is 4.99 Å². The molecule has 0 atom stereocenters. The topological polar surface area (TPSA) is 77.0 Å². The SMILES string of the molecule is CCNC(=NCc1ccc(OC)nc1)NCCc1ccc(OCC)c(OCC)c1.I. The van der Waals surface area contributed by atoms with Crippen molar-refractivity contribution < 1.29 is 14.2 Å². The Morgan fingerprint density at radius 2 is 1.70 bits per heavy atom. The lowest BCUT2D eigenvalue weighted by atomic mass is 10.1. The summed E-state index contributed by atoms with van der Waals surface area (Å²) in [5, 5.41) is 6.64. The number of hydrogen-bond acceptors (Lipinski definition) is 5. The van der Waals surface area contributed by atoms with Gasteiger partial charge in [0.05, 0.1) is 26.9 Å². The molecule has 0 saturated carbocycles. The Morgan fingerprint density at radius 3 is 2.33 bits per heavy atom. The van der Waals surface area contributed by atoms with Crippen LogP contribution >= 0.6 is 24.0 Å². The van der Waals surface area contributed by atoms with Crippen LogP contribution in [0.15, 0.2) is 41.5 Å². The lowest BCUT2D eigenvalue weighted by Gasteiger charge is -2.14. The maximum absolute atomic E-state index is 5.70. The molecule has 0 saturated heterocycles. The lowest BCUT2D eigenvalue weighted by Crippen LogP contribution is -2.38. The van der Waals surface area contributed by atoms with Gasteiger partial charge in [-0.25, -0.2) is 9.98 Å². The molecule has 2 N–H and O–H groups in total. The normalized spacial score (nSPS) is 10.7. The lowest BCUT2D eigenvalue weighted by molar-refractivity contribution is 0.287. The quantitative estimate of drug-likeness (QED) is 0.263. The minimum atomic E-state index is 0. The van der Waals surface area contributed by atoms with Gasteiger partial charge >= 0.3 is 0 Å². The van der Waals surface area contributed by atoms with Crippen LogP contribution in [0.2, 0.25) is 0 Å². The number of guanidine groups is 1. The molecular formula is C22H33IN4O3. The Morgan fingerprint density at radius 1 is 0.967 bits per heavy atom. The first kappa shape index (κ1) is 25.8. The second kappa shape index (κ2) is 14.7. The van der Waals surface area contributed by atoms with Gasteiger partial charge in [-0.2, -0.15) is 0 Å². The zero-order valence-corrected chi connectivity index (χ0v) is 20.6. The third-order valence-corrected chi connectivity index (χ3v) is 4.08. The number of methoxy groups -OCH3 is 1. The maximum atomic E-state index is 5.70. The van der Waals surface area contributed by atoms with E-state index in [0.717, 1.165) is 42.5 Å². The summed E-state index contributed by atoms with van der Waals surface area (Å²) in [6.07, 6.45) is 2.63. The van der Waals surface area contributed by atoms with Crippen molar-refractivity contribution in [1.29, 1.82) is 0 Å². The van der Waals surface area contributed by atoms with Gasteiger partial charge in [-0.1, -0.05) is 12.1 Å². The van der Waals surface area contributed by atoms with Crippen LogP contribution in [0.4, 0.5) is 0 Å². The van der Waals surface area contributed by atoms with Crippen LogP contribution in [0.25, 0.3) is 0 Å². The second-order valence-corrected chi connectivity index (χ2v) is 6.23. The maximum Gasteiger partial charge on any atom is 0.212 e. The Kier molecular flexibility index (Phi) is 12.6. The van der Waals surface area contributed by atoms with E-state index in [1.165, 1.54) is 5.56 Å². The number of pyridine rings is 1. The van der Waals surface area contributed by atoms with Gasteiger partial charge in [-0.15, -0.1) is 24.0 Å². The molecule has 1 aromatic carbocycles. The number of aliphatic imine (C=N–C) groups is 1. The van der Waals surface area contributed by atoms with Gasteiger partial charge in [0.25, 0.3) is 0 Å². The van der Waals surface area contributed by atoms with E-state index in [-0.39, 0.29) is 24.0 Å². The first-order valence-electron chi connectivity index (χ1n) is 10.1. The van der Waals surface area contributed by atoms with Crippen LogP contribution in [0.5, 0.6) is 17.4 Å². The first-order chi connectivity index (χ1) is 14.2. The van der Waals surface area contributed by atoms with Crippen LogP contribution in [0.1, 0.15) is 31.9 Å². The molecule has 0 radical (unpaired) electrons. The van der Waals surface area contributed by atoms with E-state index in [4.69, 9.17) is 14.2 Å². The number of rotatable bonds is 11. The summed E-state index contributed by atoms with van der Waals surface area (Å²) in [7, 11) is 1.61. The highest BCUT2D eigenvalue weighted by atomic mass is 127. The summed E-state index contributed by atoms with van der Waals surface area (Å²) in [5.74, 6) is 2.96. The van der Waals surface area contributed by atoms with E-state index in [1.54, 1.807) is 13.3 Å². The Balaban J connectivity index is 0.00000450. The molecule has 0 aliphatic heterocycles. The monoisotopic (exact) mass is 528 g/mol. The minimum absolute atomic E-state index is 0. The molecule has 2 rings (SSSR count). The summed E-state index contributed by atoms with van der Waals surface area (Å²) < 4.78 is 16.4. The fourth-order valence-electron chi connectivity index (χ4n) is 2.71. The van der Waals surface area contributed by atoms with Gasteiger partial charge in [0, 0.05) is 25.4 Å². The highest BCUT2D eigenvalue weighted by Gasteiger charge is 2.06. The Hall–Kier alpha value is -2.23. The number of halogens is 1. The molecule has 0 aliphatic carbocycles. The first-order valence-corrected chi connectivity index (χ1v) is 10.1. The molecule has 0 unspecified atom stereocenters. The van der Waals surface area contributed by atoms with Gasteiger partial charge in [-0.3, -0.25) is 0 Å². The van der Waals surface area contributed by atoms with E-state index >= 15 is 0 Å². The van der Waals surface area contributed by atoms with E-state index in [2.05, 4.69) is 26.7 Å². The van der Waals surface area contributed by atoms with Crippen molar-refractivity contribution in [3.63, 3.8) is 0 Å². The van der Waals surface area contributed by atoms with Crippen LogP contribution in [0, 0.1) is 0 Å². The predicted molar refractivity (Wildman–Crippen MR) is 132 cm³/mol. The van der Waals surface area contributed by atoms with E-state index in [1.807, 2.05) is 45.0 Å². The molecule has 30 heavy (non-hydrogen) atoms. The molecule has 0 amide bonds. The molecule has 1 heterocycles. The number of aromatic nitrogens is 1. The second-order valence-electron chi connectivity index (χ2n) is 6.23. The average molecular weight is 528 g/mol. The molecule has 8 heteroatoms. The zero-order chi connectivity index (χ0) is 20.9. The fourth-order valence-corrected chi connectivity index (χ4v) is 2.71. The number of nitrogens with one attached hydrogen (secondary N) is 2. The molecule has 0 spiro atoms.